The van der Waals surface area contributed by atoms with E-state index in [4.69, 9.17) is 5.73 Å². The molecule has 0 spiro atoms. The van der Waals surface area contributed by atoms with Crippen molar-refractivity contribution in [2.45, 2.75) is 6.04 Å². The number of rotatable bonds is 4. The molecule has 120 valence electrons. The number of aliphatic hydroxyl groups excluding tert-OH is 1. The molecule has 1 atom stereocenters. The monoisotopic (exact) mass is 313 g/mol. The van der Waals surface area contributed by atoms with Crippen LogP contribution in [0.5, 0.6) is 0 Å². The van der Waals surface area contributed by atoms with Gasteiger partial charge < -0.3 is 21.1 Å². The minimum atomic E-state index is -0.244. The van der Waals surface area contributed by atoms with Crippen molar-refractivity contribution in [3.05, 3.63) is 47.8 Å². The average molecular weight is 313 g/mol. The predicted molar refractivity (Wildman–Crippen MR) is 87.4 cm³/mol. The van der Waals surface area contributed by atoms with Crippen molar-refractivity contribution in [3.8, 4) is 0 Å². The second-order valence-corrected chi connectivity index (χ2v) is 5.43. The molecule has 1 saturated heterocycles. The van der Waals surface area contributed by atoms with Crippen LogP contribution in [0.1, 0.15) is 16.1 Å². The highest BCUT2D eigenvalue weighted by Crippen LogP contribution is 2.17. The Hall–Kier alpha value is -2.51. The van der Waals surface area contributed by atoms with Crippen LogP contribution in [0.2, 0.25) is 0 Å². The Kier molecular flexibility index (Phi) is 4.50. The second kappa shape index (κ2) is 6.72. The number of nitrogens with two attached hydrogens (primary N) is 1. The molecule has 0 saturated carbocycles. The van der Waals surface area contributed by atoms with Gasteiger partial charge in [-0.1, -0.05) is 6.07 Å². The smallest absolute Gasteiger partial charge is 0.215 e. The van der Waals surface area contributed by atoms with Crippen LogP contribution in [0, 0.1) is 0 Å². The molecule has 0 aromatic carbocycles. The summed E-state index contributed by atoms with van der Waals surface area (Å²) in [6.07, 6.45) is 1.55. The average Bonchev–Trinajstić information content (AvgIpc) is 2.62. The molecular weight excluding hydrogens is 294 g/mol. The van der Waals surface area contributed by atoms with Gasteiger partial charge in [-0.15, -0.1) is 0 Å². The first-order chi connectivity index (χ1) is 11.2. The van der Waals surface area contributed by atoms with Gasteiger partial charge in [0.1, 0.15) is 17.3 Å². The van der Waals surface area contributed by atoms with Gasteiger partial charge >= 0.3 is 0 Å². The molecule has 2 aromatic rings. The lowest BCUT2D eigenvalue weighted by molar-refractivity contribution is 0.103. The summed E-state index contributed by atoms with van der Waals surface area (Å²) in [5.41, 5.74) is 6.46. The summed E-state index contributed by atoms with van der Waals surface area (Å²) in [7, 11) is 0. The first-order valence-corrected chi connectivity index (χ1v) is 7.50. The fourth-order valence-corrected chi connectivity index (χ4v) is 2.63. The van der Waals surface area contributed by atoms with E-state index < -0.39 is 0 Å². The molecule has 7 nitrogen and oxygen atoms in total. The van der Waals surface area contributed by atoms with Gasteiger partial charge in [0.05, 0.1) is 12.2 Å². The number of carbonyl (C=O) groups excluding carboxylic acids is 1. The van der Waals surface area contributed by atoms with E-state index in [1.54, 1.807) is 30.5 Å². The van der Waals surface area contributed by atoms with E-state index in [0.717, 1.165) is 18.9 Å². The zero-order chi connectivity index (χ0) is 16.2. The van der Waals surface area contributed by atoms with Crippen molar-refractivity contribution in [2.75, 3.05) is 36.9 Å². The van der Waals surface area contributed by atoms with Crippen molar-refractivity contribution in [2.24, 2.45) is 0 Å². The van der Waals surface area contributed by atoms with E-state index in [2.05, 4.69) is 20.2 Å². The highest BCUT2D eigenvalue weighted by atomic mass is 16.3. The number of hydrogen-bond acceptors (Lipinski definition) is 7. The van der Waals surface area contributed by atoms with E-state index in [0.29, 0.717) is 17.8 Å². The summed E-state index contributed by atoms with van der Waals surface area (Å²) in [6, 6.07) is 8.67. The maximum absolute atomic E-state index is 12.6. The Bertz CT molecular complexity index is 706. The van der Waals surface area contributed by atoms with E-state index in [9.17, 15) is 9.90 Å². The van der Waals surface area contributed by atoms with Crippen LogP contribution in [-0.4, -0.2) is 53.1 Å². The predicted octanol–water partition coefficient (Wildman–Crippen LogP) is 0.0603. The number of aliphatic hydroxyl groups is 1. The SMILES string of the molecule is Nc1ncccc1C(=O)c1cccc(N2CCNC(CO)C2)n1. The van der Waals surface area contributed by atoms with Gasteiger partial charge in [-0.2, -0.15) is 0 Å². The molecule has 23 heavy (non-hydrogen) atoms. The summed E-state index contributed by atoms with van der Waals surface area (Å²) < 4.78 is 0. The van der Waals surface area contributed by atoms with Crippen molar-refractivity contribution in [1.82, 2.24) is 15.3 Å². The minimum Gasteiger partial charge on any atom is -0.395 e. The molecule has 1 aliphatic heterocycles. The summed E-state index contributed by atoms with van der Waals surface area (Å²) >= 11 is 0. The maximum Gasteiger partial charge on any atom is 0.215 e. The van der Waals surface area contributed by atoms with Crippen molar-refractivity contribution in [1.29, 1.82) is 0 Å². The second-order valence-electron chi connectivity index (χ2n) is 5.43. The van der Waals surface area contributed by atoms with Crippen molar-refractivity contribution < 1.29 is 9.90 Å². The number of carbonyl (C=O) groups is 1. The number of pyridine rings is 2. The summed E-state index contributed by atoms with van der Waals surface area (Å²) in [5, 5.41) is 12.5. The summed E-state index contributed by atoms with van der Waals surface area (Å²) in [6.45, 7) is 2.26. The van der Waals surface area contributed by atoms with Gasteiger partial charge in [-0.3, -0.25) is 4.79 Å². The Morgan fingerprint density at radius 2 is 2.26 bits per heavy atom. The molecule has 0 radical (unpaired) electrons. The number of piperazine rings is 1. The molecule has 3 rings (SSSR count). The van der Waals surface area contributed by atoms with Crippen molar-refractivity contribution >= 4 is 17.4 Å². The largest absolute Gasteiger partial charge is 0.395 e. The molecule has 0 aliphatic carbocycles. The number of nitrogen functional groups attached to an aromatic ring is 1. The summed E-state index contributed by atoms with van der Waals surface area (Å²) in [5.74, 6) is 0.678. The van der Waals surface area contributed by atoms with E-state index in [-0.39, 0.29) is 24.2 Å². The first kappa shape index (κ1) is 15.4. The molecular formula is C16H19N5O2. The van der Waals surface area contributed by atoms with Crippen LogP contribution in [0.3, 0.4) is 0 Å². The third kappa shape index (κ3) is 3.30. The number of nitrogens with zero attached hydrogens (tertiary/aromatic N) is 3. The van der Waals surface area contributed by atoms with Gasteiger partial charge in [0.2, 0.25) is 5.78 Å². The fourth-order valence-electron chi connectivity index (χ4n) is 2.63. The Morgan fingerprint density at radius 1 is 1.39 bits per heavy atom. The quantitative estimate of drug-likeness (QED) is 0.686. The van der Waals surface area contributed by atoms with Gasteiger partial charge in [0.15, 0.2) is 0 Å². The van der Waals surface area contributed by atoms with Crippen LogP contribution in [-0.2, 0) is 0 Å². The zero-order valence-electron chi connectivity index (χ0n) is 12.6. The van der Waals surface area contributed by atoms with Crippen molar-refractivity contribution in [3.63, 3.8) is 0 Å². The fraction of sp³-hybridized carbons (Fsp3) is 0.312. The van der Waals surface area contributed by atoms with Crippen LogP contribution in [0.25, 0.3) is 0 Å². The number of aromatic nitrogens is 2. The first-order valence-electron chi connectivity index (χ1n) is 7.50. The molecule has 1 unspecified atom stereocenters. The standard InChI is InChI=1S/C16H19N5O2/c17-16-12(3-2-6-19-16)15(23)13-4-1-5-14(20-13)21-8-7-18-11(9-21)10-22/h1-6,11,18,22H,7-10H2,(H2,17,19). The van der Waals surface area contributed by atoms with Gasteiger partial charge in [-0.05, 0) is 24.3 Å². The molecule has 4 N–H and O–H groups in total. The highest BCUT2D eigenvalue weighted by Gasteiger charge is 2.21. The molecule has 1 fully saturated rings. The third-order valence-corrected chi connectivity index (χ3v) is 3.85. The molecule has 3 heterocycles. The highest BCUT2D eigenvalue weighted by molar-refractivity contribution is 6.10. The minimum absolute atomic E-state index is 0.0128. The molecule has 0 bridgehead atoms. The van der Waals surface area contributed by atoms with Gasteiger partial charge in [-0.25, -0.2) is 9.97 Å². The summed E-state index contributed by atoms with van der Waals surface area (Å²) in [4.78, 5) is 23.0. The maximum atomic E-state index is 12.6. The van der Waals surface area contributed by atoms with Gasteiger partial charge in [0, 0.05) is 31.9 Å². The normalized spacial score (nSPS) is 18.0. The van der Waals surface area contributed by atoms with E-state index >= 15 is 0 Å². The zero-order valence-corrected chi connectivity index (χ0v) is 12.6. The van der Waals surface area contributed by atoms with Gasteiger partial charge in [0.25, 0.3) is 0 Å². The molecule has 0 amide bonds. The molecule has 2 aromatic heterocycles. The van der Waals surface area contributed by atoms with Crippen LogP contribution < -0.4 is 16.0 Å². The number of hydrogen-bond donors (Lipinski definition) is 3. The van der Waals surface area contributed by atoms with E-state index in [1.807, 2.05) is 6.07 Å². The Balaban J connectivity index is 1.85. The topological polar surface area (TPSA) is 104 Å². The van der Waals surface area contributed by atoms with Crippen LogP contribution >= 0.6 is 0 Å². The Labute approximate surface area is 134 Å². The lowest BCUT2D eigenvalue weighted by Crippen LogP contribution is -2.52. The lowest BCUT2D eigenvalue weighted by Gasteiger charge is -2.33. The third-order valence-electron chi connectivity index (χ3n) is 3.85. The number of nitrogens with one attached hydrogen (secondary N) is 1. The number of ketones is 1. The Morgan fingerprint density at radius 3 is 3.04 bits per heavy atom. The van der Waals surface area contributed by atoms with E-state index in [1.165, 1.54) is 0 Å². The van der Waals surface area contributed by atoms with Crippen LogP contribution in [0.4, 0.5) is 11.6 Å². The molecule has 7 heteroatoms. The number of anilines is 2. The lowest BCUT2D eigenvalue weighted by atomic mass is 10.1. The molecule has 1 aliphatic rings. The van der Waals surface area contributed by atoms with Crippen LogP contribution in [0.15, 0.2) is 36.5 Å².